The van der Waals surface area contributed by atoms with Crippen LogP contribution >= 0.6 is 0 Å². The Hall–Kier alpha value is -3.67. The van der Waals surface area contributed by atoms with Crippen LogP contribution in [0.2, 0.25) is 0 Å². The van der Waals surface area contributed by atoms with Crippen LogP contribution in [0.5, 0.6) is 0 Å². The Morgan fingerprint density at radius 3 is 2.89 bits per heavy atom. The van der Waals surface area contributed by atoms with Gasteiger partial charge in [0.05, 0.1) is 17.2 Å². The van der Waals surface area contributed by atoms with Gasteiger partial charge < -0.3 is 14.4 Å². The second kappa shape index (κ2) is 6.25. The van der Waals surface area contributed by atoms with Crippen molar-refractivity contribution in [2.24, 2.45) is 7.05 Å². The molecule has 0 unspecified atom stereocenters. The van der Waals surface area contributed by atoms with Crippen LogP contribution in [0.25, 0.3) is 33.1 Å². The fraction of sp³-hybridized carbons (Fsp3) is 0.0952. The Bertz CT molecular complexity index is 1240. The number of fused-ring (bicyclic) bond motifs is 2. The van der Waals surface area contributed by atoms with Crippen molar-refractivity contribution in [1.82, 2.24) is 19.7 Å². The van der Waals surface area contributed by atoms with Gasteiger partial charge in [0.15, 0.2) is 0 Å². The van der Waals surface area contributed by atoms with Gasteiger partial charge in [-0.25, -0.2) is 0 Å². The van der Waals surface area contributed by atoms with Crippen molar-refractivity contribution >= 4 is 27.6 Å². The Morgan fingerprint density at radius 2 is 2.00 bits per heavy atom. The van der Waals surface area contributed by atoms with Gasteiger partial charge in [-0.3, -0.25) is 9.97 Å². The van der Waals surface area contributed by atoms with Gasteiger partial charge in [-0.1, -0.05) is 17.3 Å². The SMILES string of the molecule is Cn1ccc2ccc(-c3cc(NCc4cnoc4)cc4nccnc34)cc21. The number of anilines is 1. The zero-order valence-electron chi connectivity index (χ0n) is 14.8. The van der Waals surface area contributed by atoms with Gasteiger partial charge in [0.25, 0.3) is 0 Å². The number of rotatable bonds is 4. The molecular formula is C21H17N5O. The quantitative estimate of drug-likeness (QED) is 0.518. The first kappa shape index (κ1) is 15.6. The zero-order valence-corrected chi connectivity index (χ0v) is 14.8. The maximum atomic E-state index is 4.90. The molecule has 132 valence electrons. The molecule has 0 atom stereocenters. The van der Waals surface area contributed by atoms with Gasteiger partial charge in [0.2, 0.25) is 0 Å². The van der Waals surface area contributed by atoms with E-state index in [0.29, 0.717) is 6.54 Å². The lowest BCUT2D eigenvalue weighted by molar-refractivity contribution is 0.419. The molecule has 0 radical (unpaired) electrons. The predicted octanol–water partition coefficient (Wildman–Crippen LogP) is 4.39. The minimum Gasteiger partial charge on any atom is -0.381 e. The monoisotopic (exact) mass is 355 g/mol. The minimum atomic E-state index is 0.631. The number of nitrogens with one attached hydrogen (secondary N) is 1. The van der Waals surface area contributed by atoms with Gasteiger partial charge in [0.1, 0.15) is 6.26 Å². The summed E-state index contributed by atoms with van der Waals surface area (Å²) in [5.41, 5.74) is 7.07. The summed E-state index contributed by atoms with van der Waals surface area (Å²) in [4.78, 5) is 9.08. The van der Waals surface area contributed by atoms with Crippen molar-refractivity contribution in [3.8, 4) is 11.1 Å². The third-order valence-electron chi connectivity index (χ3n) is 4.75. The zero-order chi connectivity index (χ0) is 18.2. The number of aryl methyl sites for hydroxylation is 1. The molecule has 1 N–H and O–H groups in total. The maximum Gasteiger partial charge on any atom is 0.128 e. The van der Waals surface area contributed by atoms with Crippen LogP contribution in [0.3, 0.4) is 0 Å². The van der Waals surface area contributed by atoms with Crippen LogP contribution in [0, 0.1) is 0 Å². The largest absolute Gasteiger partial charge is 0.381 e. The van der Waals surface area contributed by atoms with Crippen LogP contribution in [0.4, 0.5) is 5.69 Å². The first-order valence-electron chi connectivity index (χ1n) is 8.70. The first-order valence-corrected chi connectivity index (χ1v) is 8.70. The lowest BCUT2D eigenvalue weighted by Gasteiger charge is -2.11. The average molecular weight is 355 g/mol. The van der Waals surface area contributed by atoms with E-state index in [1.54, 1.807) is 24.9 Å². The predicted molar refractivity (Wildman–Crippen MR) is 105 cm³/mol. The second-order valence-electron chi connectivity index (χ2n) is 6.53. The molecule has 0 saturated heterocycles. The third-order valence-corrected chi connectivity index (χ3v) is 4.75. The highest BCUT2D eigenvalue weighted by molar-refractivity contribution is 5.97. The highest BCUT2D eigenvalue weighted by Gasteiger charge is 2.10. The van der Waals surface area contributed by atoms with Crippen molar-refractivity contribution in [2.45, 2.75) is 6.54 Å². The van der Waals surface area contributed by atoms with E-state index >= 15 is 0 Å². The van der Waals surface area contributed by atoms with E-state index in [1.807, 2.05) is 6.07 Å². The number of hydrogen-bond acceptors (Lipinski definition) is 5. The maximum absolute atomic E-state index is 4.90. The molecule has 0 bridgehead atoms. The molecule has 0 amide bonds. The molecule has 3 heterocycles. The highest BCUT2D eigenvalue weighted by Crippen LogP contribution is 2.32. The molecule has 27 heavy (non-hydrogen) atoms. The molecule has 2 aromatic carbocycles. The lowest BCUT2D eigenvalue weighted by atomic mass is 10.0. The Morgan fingerprint density at radius 1 is 1.07 bits per heavy atom. The normalized spacial score (nSPS) is 11.3. The fourth-order valence-electron chi connectivity index (χ4n) is 3.34. The standard InChI is InChI=1S/C21H17N5O/c1-26-7-4-15-2-3-16(8-20(15)26)18-9-17(24-11-14-12-25-27-13-14)10-19-21(18)23-6-5-22-19/h2-10,12-13,24H,11H2,1H3. The van der Waals surface area contributed by atoms with Gasteiger partial charge in [0, 0.05) is 54.5 Å². The second-order valence-corrected chi connectivity index (χ2v) is 6.53. The van der Waals surface area contributed by atoms with Crippen LogP contribution in [-0.2, 0) is 13.6 Å². The van der Waals surface area contributed by atoms with Gasteiger partial charge >= 0.3 is 0 Å². The third kappa shape index (κ3) is 2.81. The van der Waals surface area contributed by atoms with Crippen molar-refractivity contribution in [3.05, 3.63) is 73.0 Å². The summed E-state index contributed by atoms with van der Waals surface area (Å²) in [6.45, 7) is 0.631. The minimum absolute atomic E-state index is 0.631. The molecular weight excluding hydrogens is 338 g/mol. The molecule has 5 aromatic rings. The van der Waals surface area contributed by atoms with Gasteiger partial charge in [-0.05, 0) is 35.2 Å². The molecule has 0 aliphatic rings. The Kier molecular flexibility index (Phi) is 3.60. The summed E-state index contributed by atoms with van der Waals surface area (Å²) in [5, 5.41) is 8.38. The number of hydrogen-bond donors (Lipinski definition) is 1. The first-order chi connectivity index (χ1) is 13.3. The topological polar surface area (TPSA) is 68.8 Å². The molecule has 6 nitrogen and oxygen atoms in total. The highest BCUT2D eigenvalue weighted by atomic mass is 16.5. The van der Waals surface area contributed by atoms with Crippen molar-refractivity contribution in [1.29, 1.82) is 0 Å². The summed E-state index contributed by atoms with van der Waals surface area (Å²) in [5.74, 6) is 0. The molecule has 0 fully saturated rings. The molecule has 0 spiro atoms. The molecule has 5 rings (SSSR count). The van der Waals surface area contributed by atoms with E-state index in [-0.39, 0.29) is 0 Å². The van der Waals surface area contributed by atoms with Crippen LogP contribution in [-0.4, -0.2) is 19.7 Å². The van der Waals surface area contributed by atoms with Crippen LogP contribution in [0.1, 0.15) is 5.56 Å². The van der Waals surface area contributed by atoms with Crippen LogP contribution in [0.15, 0.2) is 72.0 Å². The summed E-state index contributed by atoms with van der Waals surface area (Å²) in [6, 6.07) is 12.7. The van der Waals surface area contributed by atoms with Crippen molar-refractivity contribution in [3.63, 3.8) is 0 Å². The van der Waals surface area contributed by atoms with Crippen molar-refractivity contribution < 1.29 is 4.52 Å². The molecule has 3 aromatic heterocycles. The van der Waals surface area contributed by atoms with E-state index in [9.17, 15) is 0 Å². The summed E-state index contributed by atoms with van der Waals surface area (Å²) in [6.07, 6.45) is 8.87. The smallest absolute Gasteiger partial charge is 0.128 e. The van der Waals surface area contributed by atoms with E-state index in [4.69, 9.17) is 4.52 Å². The summed E-state index contributed by atoms with van der Waals surface area (Å²) in [7, 11) is 2.06. The van der Waals surface area contributed by atoms with Crippen molar-refractivity contribution in [2.75, 3.05) is 5.32 Å². The number of nitrogens with zero attached hydrogens (tertiary/aromatic N) is 4. The Balaban J connectivity index is 1.63. The van der Waals surface area contributed by atoms with E-state index < -0.39 is 0 Å². The van der Waals surface area contributed by atoms with Crippen LogP contribution < -0.4 is 5.32 Å². The van der Waals surface area contributed by atoms with E-state index in [1.165, 1.54) is 10.9 Å². The average Bonchev–Trinajstić information content (AvgIpc) is 3.35. The fourth-order valence-corrected chi connectivity index (χ4v) is 3.34. The summed E-state index contributed by atoms with van der Waals surface area (Å²) >= 11 is 0. The molecule has 0 aliphatic carbocycles. The summed E-state index contributed by atoms with van der Waals surface area (Å²) < 4.78 is 7.02. The van der Waals surface area contributed by atoms with E-state index in [0.717, 1.165) is 33.4 Å². The van der Waals surface area contributed by atoms with Gasteiger partial charge in [-0.2, -0.15) is 0 Å². The Labute approximate surface area is 155 Å². The number of benzene rings is 2. The number of aromatic nitrogens is 4. The van der Waals surface area contributed by atoms with Gasteiger partial charge in [-0.15, -0.1) is 0 Å². The van der Waals surface area contributed by atoms with E-state index in [2.05, 4.69) is 68.6 Å². The molecule has 6 heteroatoms. The lowest BCUT2D eigenvalue weighted by Crippen LogP contribution is -1.99. The molecule has 0 aliphatic heterocycles. The molecule has 0 saturated carbocycles.